The van der Waals surface area contributed by atoms with Crippen LogP contribution in [0.15, 0.2) is 0 Å². The summed E-state index contributed by atoms with van der Waals surface area (Å²) in [7, 11) is 0. The molecule has 2 N–H and O–H groups in total. The van der Waals surface area contributed by atoms with E-state index in [0.29, 0.717) is 22.7 Å². The number of aliphatic hydroxyl groups is 2. The molecule has 62 valence electrons. The van der Waals surface area contributed by atoms with Gasteiger partial charge in [-0.2, -0.15) is 0 Å². The Morgan fingerprint density at radius 1 is 0.750 bits per heavy atom. The second kappa shape index (κ2) is 0.833. The highest BCUT2D eigenvalue weighted by molar-refractivity contribution is 5.63. The Kier molecular flexibility index (Phi) is 0.345. The molecule has 2 spiro atoms. The predicted molar refractivity (Wildman–Crippen MR) is 37.8 cm³/mol. The molecule has 2 heteroatoms. The second-order valence-electron chi connectivity index (χ2n) is 6.02. The first-order chi connectivity index (χ1) is 5.80. The van der Waals surface area contributed by atoms with Crippen molar-refractivity contribution in [3.63, 3.8) is 0 Å². The van der Waals surface area contributed by atoms with Gasteiger partial charge in [-0.1, -0.05) is 0 Å². The lowest BCUT2D eigenvalue weighted by molar-refractivity contribution is -0.380. The van der Waals surface area contributed by atoms with Crippen LogP contribution in [0, 0.1) is 46.3 Å². The van der Waals surface area contributed by atoms with E-state index in [4.69, 9.17) is 0 Å². The molecule has 0 heterocycles. The molecule has 0 aromatic carbocycles. The molecule has 10 atom stereocenters. The van der Waals surface area contributed by atoms with Crippen LogP contribution >= 0.6 is 0 Å². The molecular formula is C10H10O2. The van der Waals surface area contributed by atoms with E-state index >= 15 is 0 Å². The van der Waals surface area contributed by atoms with Crippen molar-refractivity contribution in [1.82, 2.24) is 0 Å². The fourth-order valence-corrected chi connectivity index (χ4v) is 7.40. The summed E-state index contributed by atoms with van der Waals surface area (Å²) in [5.41, 5.74) is 0.752. The first-order valence-electron chi connectivity index (χ1n) is 5.17. The van der Waals surface area contributed by atoms with E-state index in [2.05, 4.69) is 0 Å². The van der Waals surface area contributed by atoms with Gasteiger partial charge in [-0.3, -0.25) is 0 Å². The van der Waals surface area contributed by atoms with Crippen molar-refractivity contribution in [3.05, 3.63) is 0 Å². The third kappa shape index (κ3) is 0.141. The molecule has 7 aliphatic carbocycles. The van der Waals surface area contributed by atoms with E-state index in [1.54, 1.807) is 0 Å². The minimum Gasteiger partial charge on any atom is -0.392 e. The molecule has 0 aliphatic heterocycles. The molecule has 2 bridgehead atoms. The smallest absolute Gasteiger partial charge is 0.0678 e. The second-order valence-corrected chi connectivity index (χ2v) is 6.02. The summed E-state index contributed by atoms with van der Waals surface area (Å²) in [6.45, 7) is 0. The summed E-state index contributed by atoms with van der Waals surface area (Å²) in [4.78, 5) is 0. The molecule has 7 aliphatic rings. The average molecular weight is 162 g/mol. The molecule has 0 aromatic heterocycles. The zero-order valence-electron chi connectivity index (χ0n) is 6.51. The van der Waals surface area contributed by atoms with Crippen LogP contribution in [0.1, 0.15) is 0 Å². The van der Waals surface area contributed by atoms with Gasteiger partial charge in [0.05, 0.1) is 12.2 Å². The highest BCUT2D eigenvalue weighted by Crippen LogP contribution is 3.15. The van der Waals surface area contributed by atoms with E-state index in [1.807, 2.05) is 0 Å². The molecule has 12 heavy (non-hydrogen) atoms. The molecule has 0 unspecified atom stereocenters. The van der Waals surface area contributed by atoms with Crippen LogP contribution in [-0.4, -0.2) is 22.4 Å². The third-order valence-electron chi connectivity index (χ3n) is 7.00. The maximum atomic E-state index is 9.95. The average Bonchev–Trinajstić information content (AvgIpc) is 2.45. The van der Waals surface area contributed by atoms with Crippen LogP contribution in [0.5, 0.6) is 0 Å². The number of rotatable bonds is 0. The monoisotopic (exact) mass is 162 g/mol. The quantitative estimate of drug-likeness (QED) is 0.502. The summed E-state index contributed by atoms with van der Waals surface area (Å²) >= 11 is 0. The van der Waals surface area contributed by atoms with E-state index in [9.17, 15) is 10.2 Å². The van der Waals surface area contributed by atoms with Gasteiger partial charge < -0.3 is 10.2 Å². The lowest BCUT2D eigenvalue weighted by Gasteiger charge is -2.82. The van der Waals surface area contributed by atoms with Crippen molar-refractivity contribution in [3.8, 4) is 0 Å². The predicted octanol–water partition coefficient (Wildman–Crippen LogP) is -0.540. The van der Waals surface area contributed by atoms with Crippen molar-refractivity contribution in [2.75, 3.05) is 0 Å². The highest BCUT2D eigenvalue weighted by Gasteiger charge is 3.17. The Morgan fingerprint density at radius 2 is 1.33 bits per heavy atom. The van der Waals surface area contributed by atoms with Gasteiger partial charge in [0, 0.05) is 10.8 Å². The Bertz CT molecular complexity index is 372. The fourth-order valence-electron chi connectivity index (χ4n) is 7.40. The molecule has 0 aromatic rings. The topological polar surface area (TPSA) is 40.5 Å². The van der Waals surface area contributed by atoms with Crippen LogP contribution in [-0.2, 0) is 0 Å². The van der Waals surface area contributed by atoms with Crippen molar-refractivity contribution in [2.45, 2.75) is 12.2 Å². The normalized spacial score (nSPS) is 104. The Balaban J connectivity index is 1.80. The fraction of sp³-hybridized carbons (Fsp3) is 1.00. The summed E-state index contributed by atoms with van der Waals surface area (Å²) < 4.78 is 0. The van der Waals surface area contributed by atoms with E-state index in [0.717, 1.165) is 23.7 Å². The van der Waals surface area contributed by atoms with Gasteiger partial charge >= 0.3 is 0 Å². The molecule has 0 saturated heterocycles. The Hall–Kier alpha value is -0.0800. The van der Waals surface area contributed by atoms with E-state index in [1.165, 1.54) is 0 Å². The number of hydrogen-bond donors (Lipinski definition) is 2. The Labute approximate surface area is 69.6 Å². The maximum absolute atomic E-state index is 9.95. The summed E-state index contributed by atoms with van der Waals surface area (Å²) in [5, 5.41) is 19.9. The third-order valence-corrected chi connectivity index (χ3v) is 7.00. The first kappa shape index (κ1) is 4.97. The molecule has 2 nitrogen and oxygen atoms in total. The highest BCUT2D eigenvalue weighted by atomic mass is 16.3. The number of aliphatic hydroxyl groups excluding tert-OH is 2. The standard InChI is InChI=1S/C10H10O2/c11-7-2-1-3-5(2)10-6(7)4(1)9(3,10)8(10)12/h1-8,11-12H/t1-,2-,3+,4-,5+,6+,7+,8+,9-,10+/m0/s1. The summed E-state index contributed by atoms with van der Waals surface area (Å²) in [6, 6.07) is 0. The first-order valence-corrected chi connectivity index (χ1v) is 5.17. The molecule has 7 rings (SSSR count). The zero-order chi connectivity index (χ0) is 7.62. The lowest BCUT2D eigenvalue weighted by atomic mass is 9.20. The van der Waals surface area contributed by atoms with E-state index in [-0.39, 0.29) is 12.2 Å². The maximum Gasteiger partial charge on any atom is 0.0678 e. The van der Waals surface area contributed by atoms with Gasteiger partial charge in [0.2, 0.25) is 0 Å². The minimum absolute atomic E-state index is 0.00553. The van der Waals surface area contributed by atoms with Crippen molar-refractivity contribution in [2.24, 2.45) is 46.3 Å². The van der Waals surface area contributed by atoms with Crippen molar-refractivity contribution in [1.29, 1.82) is 0 Å². The van der Waals surface area contributed by atoms with Gasteiger partial charge in [-0.05, 0) is 35.5 Å². The zero-order valence-corrected chi connectivity index (χ0v) is 6.51. The SMILES string of the molecule is O[C@@H]1[C@H]2[C@H]3[C@@H]4[C@@H]2[C@]25[C@@H]1[C@H]3[C@]42[C@H]5O. The van der Waals surface area contributed by atoms with Crippen LogP contribution < -0.4 is 0 Å². The summed E-state index contributed by atoms with van der Waals surface area (Å²) in [5.74, 6) is 4.51. The van der Waals surface area contributed by atoms with Crippen LogP contribution in [0.3, 0.4) is 0 Å². The van der Waals surface area contributed by atoms with E-state index < -0.39 is 0 Å². The number of hydrogen-bond acceptors (Lipinski definition) is 2. The van der Waals surface area contributed by atoms with Crippen LogP contribution in [0.25, 0.3) is 0 Å². The van der Waals surface area contributed by atoms with Gasteiger partial charge in [0.25, 0.3) is 0 Å². The Morgan fingerprint density at radius 3 is 1.92 bits per heavy atom. The molecule has 7 fully saturated rings. The molecule has 0 radical (unpaired) electrons. The largest absolute Gasteiger partial charge is 0.392 e. The van der Waals surface area contributed by atoms with Gasteiger partial charge in [0.15, 0.2) is 0 Å². The van der Waals surface area contributed by atoms with Gasteiger partial charge in [0.1, 0.15) is 0 Å². The van der Waals surface area contributed by atoms with Crippen molar-refractivity contribution >= 4 is 0 Å². The minimum atomic E-state index is -0.00553. The van der Waals surface area contributed by atoms with Gasteiger partial charge in [-0.15, -0.1) is 0 Å². The summed E-state index contributed by atoms with van der Waals surface area (Å²) in [6.07, 6.45) is 0.0161. The van der Waals surface area contributed by atoms with Crippen molar-refractivity contribution < 1.29 is 10.2 Å². The van der Waals surface area contributed by atoms with Gasteiger partial charge in [-0.25, -0.2) is 0 Å². The van der Waals surface area contributed by atoms with Crippen LogP contribution in [0.2, 0.25) is 0 Å². The lowest BCUT2D eigenvalue weighted by Crippen LogP contribution is -2.81. The molecular weight excluding hydrogens is 152 g/mol. The van der Waals surface area contributed by atoms with Crippen LogP contribution in [0.4, 0.5) is 0 Å². The molecule has 0 amide bonds. The molecule has 7 saturated carbocycles.